The van der Waals surface area contributed by atoms with Crippen molar-refractivity contribution in [1.82, 2.24) is 0 Å². The predicted molar refractivity (Wildman–Crippen MR) is 197 cm³/mol. The van der Waals surface area contributed by atoms with E-state index in [1.54, 1.807) is 0 Å². The standard InChI is InChI=1S/C39H66O17S/c1-18(20(3)15-52-35-33(31(26(44)17-53-35)56-57(48,49)50)55-36-32(51-6)30(46)25(43)16-54-36)7-8-19(2)21-13-23(41)34-37(21,4)12-10-27-38(5)11-9-22(40)29(45)28(38)24(42)14-39(27,34)47/h7-8,18-36,40-47H,9-17H2,1-6H3,(H,48,49,50)/p-1/b8-7+/t18-,19-,20-,21-,22+,23-,24+,25-,26-,27-,28+,29+,30+,31+,32-,33-,34-,35-,36+,37-,38-,39+/m1/s1. The molecule has 0 radical (unpaired) electrons. The second-order valence-electron chi connectivity index (χ2n) is 18.6. The number of fused-ring (bicyclic) bond motifs is 5. The zero-order valence-electron chi connectivity index (χ0n) is 33.6. The number of rotatable bonds is 12. The Balaban J connectivity index is 1.12. The second kappa shape index (κ2) is 17.1. The molecule has 0 aromatic heterocycles. The van der Waals surface area contributed by atoms with Gasteiger partial charge in [0.25, 0.3) is 0 Å². The van der Waals surface area contributed by atoms with Crippen molar-refractivity contribution in [3.8, 4) is 0 Å². The molecule has 0 aromatic carbocycles. The van der Waals surface area contributed by atoms with Crippen molar-refractivity contribution in [3.05, 3.63) is 12.2 Å². The van der Waals surface area contributed by atoms with Crippen molar-refractivity contribution in [2.24, 2.45) is 52.3 Å². The van der Waals surface area contributed by atoms with E-state index in [1.165, 1.54) is 7.11 Å². The third kappa shape index (κ3) is 8.51. The van der Waals surface area contributed by atoms with Crippen molar-refractivity contribution >= 4 is 10.4 Å². The van der Waals surface area contributed by atoms with E-state index in [0.29, 0.717) is 25.7 Å². The molecule has 8 N–H and O–H groups in total. The van der Waals surface area contributed by atoms with Crippen LogP contribution in [0.2, 0.25) is 0 Å². The van der Waals surface area contributed by atoms with Gasteiger partial charge in [-0.1, -0.05) is 46.8 Å². The molecule has 0 aromatic rings. The summed E-state index contributed by atoms with van der Waals surface area (Å²) in [5, 5.41) is 88.2. The average Bonchev–Trinajstić information content (AvgIpc) is 3.41. The molecule has 6 fully saturated rings. The molecule has 0 unspecified atom stereocenters. The monoisotopic (exact) mass is 837 g/mol. The molecule has 6 aliphatic rings. The third-order valence-corrected chi connectivity index (χ3v) is 15.7. The van der Waals surface area contributed by atoms with Gasteiger partial charge in [-0.25, -0.2) is 8.42 Å². The molecule has 2 heterocycles. The zero-order chi connectivity index (χ0) is 42.0. The summed E-state index contributed by atoms with van der Waals surface area (Å²) >= 11 is 0. The quantitative estimate of drug-likeness (QED) is 0.0703. The van der Waals surface area contributed by atoms with Gasteiger partial charge in [-0.2, -0.15) is 0 Å². The second-order valence-corrected chi connectivity index (χ2v) is 19.6. The lowest BCUT2D eigenvalue weighted by atomic mass is 9.41. The van der Waals surface area contributed by atoms with Crippen molar-refractivity contribution < 1.29 is 81.7 Å². The lowest BCUT2D eigenvalue weighted by molar-refractivity contribution is -0.344. The van der Waals surface area contributed by atoms with Gasteiger partial charge in [0.05, 0.1) is 49.8 Å². The Morgan fingerprint density at radius 3 is 2.12 bits per heavy atom. The lowest BCUT2D eigenvalue weighted by Crippen LogP contribution is -2.70. The highest BCUT2D eigenvalue weighted by atomic mass is 32.3. The minimum absolute atomic E-state index is 0.000136. The maximum atomic E-state index is 12.6. The van der Waals surface area contributed by atoms with Crippen LogP contribution in [0.3, 0.4) is 0 Å². The van der Waals surface area contributed by atoms with E-state index in [-0.39, 0.29) is 49.2 Å². The first kappa shape index (κ1) is 45.6. The number of allylic oxidation sites excluding steroid dienone is 2. The lowest BCUT2D eigenvalue weighted by Gasteiger charge is -2.66. The highest BCUT2D eigenvalue weighted by Crippen LogP contribution is 2.69. The number of ether oxygens (including phenoxy) is 5. The molecule has 2 saturated heterocycles. The largest absolute Gasteiger partial charge is 0.726 e. The van der Waals surface area contributed by atoms with Gasteiger partial charge in [0, 0.05) is 25.4 Å². The van der Waals surface area contributed by atoms with Gasteiger partial charge in [-0.3, -0.25) is 4.18 Å². The van der Waals surface area contributed by atoms with Crippen LogP contribution in [-0.4, -0.2) is 160 Å². The Labute approximate surface area is 335 Å². The molecule has 0 bridgehead atoms. The molecular formula is C39H65O17S-. The molecule has 0 amide bonds. The van der Waals surface area contributed by atoms with E-state index in [1.807, 2.05) is 20.8 Å². The average molecular weight is 838 g/mol. The Morgan fingerprint density at radius 2 is 1.46 bits per heavy atom. The van der Waals surface area contributed by atoms with Crippen molar-refractivity contribution in [1.29, 1.82) is 0 Å². The summed E-state index contributed by atoms with van der Waals surface area (Å²) in [6.07, 6.45) is -8.32. The Morgan fingerprint density at radius 1 is 0.807 bits per heavy atom. The summed E-state index contributed by atoms with van der Waals surface area (Å²) in [5.41, 5.74) is -2.37. The molecular weight excluding hydrogens is 772 g/mol. The summed E-state index contributed by atoms with van der Waals surface area (Å²) in [4.78, 5) is 0. The fourth-order valence-electron chi connectivity index (χ4n) is 12.1. The van der Waals surface area contributed by atoms with Crippen LogP contribution >= 0.6 is 0 Å². The van der Waals surface area contributed by atoms with Crippen LogP contribution in [0.25, 0.3) is 0 Å². The van der Waals surface area contributed by atoms with Crippen LogP contribution in [0.4, 0.5) is 0 Å². The van der Waals surface area contributed by atoms with E-state index >= 15 is 0 Å². The Bertz CT molecular complexity index is 1520. The zero-order valence-corrected chi connectivity index (χ0v) is 34.5. The van der Waals surface area contributed by atoms with Gasteiger partial charge in [-0.15, -0.1) is 0 Å². The SMILES string of the molecule is CO[C@H]1[C@H](O[C@H]2[C@H](OC[C@@H](C)[C@H](C)/C=C/[C@@H](C)[C@H]3C[C@@H](O)[C@@H]4[C@]3(C)CC[C@@H]3[C@@]5(C)CC[C@H](O)[C@H](O)[C@@H]5[C@@H](O)C[C@]34O)OC[C@@H](O)[C@@H]2OS(=O)(=O)[O-])OC[C@@H](O)[C@@H]1O. The summed E-state index contributed by atoms with van der Waals surface area (Å²) in [7, 11) is -4.08. The van der Waals surface area contributed by atoms with Gasteiger partial charge in [0.2, 0.25) is 10.4 Å². The number of methoxy groups -OCH3 is 1. The maximum Gasteiger partial charge on any atom is 0.218 e. The van der Waals surface area contributed by atoms with Crippen LogP contribution in [0.5, 0.6) is 0 Å². The first-order valence-electron chi connectivity index (χ1n) is 20.4. The number of hydrogen-bond acceptors (Lipinski definition) is 17. The van der Waals surface area contributed by atoms with Gasteiger partial charge < -0.3 is 69.1 Å². The smallest absolute Gasteiger partial charge is 0.218 e. The molecule has 2 aliphatic heterocycles. The van der Waals surface area contributed by atoms with Gasteiger partial charge in [0.15, 0.2) is 12.6 Å². The molecule has 330 valence electrons. The summed E-state index contributed by atoms with van der Waals surface area (Å²) in [5.74, 6) is -1.49. The highest BCUT2D eigenvalue weighted by Gasteiger charge is 2.71. The Hall–Kier alpha value is -0.910. The minimum atomic E-state index is -5.33. The van der Waals surface area contributed by atoms with Gasteiger partial charge in [-0.05, 0) is 72.5 Å². The first-order chi connectivity index (χ1) is 26.6. The fourth-order valence-corrected chi connectivity index (χ4v) is 12.6. The molecule has 18 heteroatoms. The van der Waals surface area contributed by atoms with E-state index in [9.17, 15) is 53.8 Å². The van der Waals surface area contributed by atoms with Crippen molar-refractivity contribution in [3.63, 3.8) is 0 Å². The Kier molecular flexibility index (Phi) is 13.7. The normalized spacial score (nSPS) is 50.8. The predicted octanol–water partition coefficient (Wildman–Crippen LogP) is -0.444. The van der Waals surface area contributed by atoms with Crippen LogP contribution in [-0.2, 0) is 38.3 Å². The van der Waals surface area contributed by atoms with Crippen molar-refractivity contribution in [2.75, 3.05) is 26.9 Å². The van der Waals surface area contributed by atoms with Crippen LogP contribution in [0, 0.1) is 52.3 Å². The molecule has 17 nitrogen and oxygen atoms in total. The third-order valence-electron chi connectivity index (χ3n) is 15.2. The summed E-state index contributed by atoms with van der Waals surface area (Å²) in [6.45, 7) is 9.45. The number of aliphatic hydroxyl groups excluding tert-OH is 7. The minimum Gasteiger partial charge on any atom is -0.726 e. The first-order valence-corrected chi connectivity index (χ1v) is 21.7. The molecule has 22 atom stereocenters. The topological polar surface area (TPSA) is 274 Å². The van der Waals surface area contributed by atoms with E-state index < -0.39 is 119 Å². The number of aliphatic hydroxyl groups is 8. The molecule has 4 saturated carbocycles. The highest BCUT2D eigenvalue weighted by molar-refractivity contribution is 7.80. The van der Waals surface area contributed by atoms with Crippen molar-refractivity contribution in [2.45, 2.75) is 152 Å². The van der Waals surface area contributed by atoms with Gasteiger partial charge >= 0.3 is 0 Å². The van der Waals surface area contributed by atoms with Crippen LogP contribution in [0.15, 0.2) is 12.2 Å². The molecule has 0 spiro atoms. The van der Waals surface area contributed by atoms with Gasteiger partial charge in [0.1, 0.15) is 36.6 Å². The number of hydrogen-bond donors (Lipinski definition) is 8. The maximum absolute atomic E-state index is 12.6. The fraction of sp³-hybridized carbons (Fsp3) is 0.949. The van der Waals surface area contributed by atoms with Crippen LogP contribution < -0.4 is 0 Å². The molecule has 4 aliphatic carbocycles. The molecule has 57 heavy (non-hydrogen) atoms. The molecule has 6 rings (SSSR count). The van der Waals surface area contributed by atoms with Crippen LogP contribution in [0.1, 0.15) is 73.1 Å². The summed E-state index contributed by atoms with van der Waals surface area (Å²) < 4.78 is 68.1. The summed E-state index contributed by atoms with van der Waals surface area (Å²) in [6, 6.07) is 0. The van der Waals surface area contributed by atoms with E-state index in [4.69, 9.17) is 23.7 Å². The van der Waals surface area contributed by atoms with E-state index in [2.05, 4.69) is 30.2 Å². The van der Waals surface area contributed by atoms with E-state index in [0.717, 1.165) is 6.42 Å².